The van der Waals surface area contributed by atoms with Crippen LogP contribution in [0.5, 0.6) is 0 Å². The molecule has 0 aliphatic carbocycles. The maximum atomic E-state index is 12.5. The first-order valence-corrected chi connectivity index (χ1v) is 3.26. The largest absolute Gasteiger partial charge is 0.508 e. The van der Waals surface area contributed by atoms with Crippen molar-refractivity contribution in [3.05, 3.63) is 30.1 Å². The molecule has 0 aromatic heterocycles. The molecule has 0 spiro atoms. The second-order valence-electron chi connectivity index (χ2n) is 2.00. The third-order valence-electron chi connectivity index (χ3n) is 1.22. The topological polar surface area (TPSA) is 29.5 Å². The molecule has 1 aromatic carbocycles. The zero-order valence-corrected chi connectivity index (χ0v) is 6.25. The smallest absolute Gasteiger partial charge is 0.422 e. The quantitative estimate of drug-likeness (QED) is 0.668. The molecule has 0 bridgehead atoms. The molecule has 0 fully saturated rings. The minimum Gasteiger partial charge on any atom is -0.422 e. The van der Waals surface area contributed by atoms with Crippen molar-refractivity contribution in [2.75, 3.05) is 0 Å². The second-order valence-corrected chi connectivity index (χ2v) is 2.17. The van der Waals surface area contributed by atoms with E-state index in [9.17, 15) is 4.39 Å². The highest BCUT2D eigenvalue weighted by molar-refractivity contribution is 6.63. The molecule has 0 amide bonds. The molecule has 0 atom stereocenters. The van der Waals surface area contributed by atoms with Crippen LogP contribution >= 0.6 is 11.9 Å². The van der Waals surface area contributed by atoms with Crippen LogP contribution in [-0.4, -0.2) is 12.1 Å². The van der Waals surface area contributed by atoms with Crippen LogP contribution in [0, 0.1) is 5.82 Å². The number of hydrogen-bond donors (Lipinski definition) is 1. The van der Waals surface area contributed by atoms with Gasteiger partial charge >= 0.3 is 7.12 Å². The van der Waals surface area contributed by atoms with Crippen molar-refractivity contribution < 1.29 is 13.6 Å². The van der Waals surface area contributed by atoms with Gasteiger partial charge in [0.25, 0.3) is 0 Å². The van der Waals surface area contributed by atoms with Gasteiger partial charge in [-0.15, -0.1) is 0 Å². The Morgan fingerprint density at radius 1 is 1.55 bits per heavy atom. The van der Waals surface area contributed by atoms with Crippen molar-refractivity contribution >= 4 is 24.4 Å². The van der Waals surface area contributed by atoms with E-state index >= 15 is 0 Å². The van der Waals surface area contributed by atoms with Crippen LogP contribution in [-0.2, 0) is 4.21 Å². The Morgan fingerprint density at radius 2 is 2.27 bits per heavy atom. The predicted octanol–water partition coefficient (Wildman–Crippen LogP) is 0.684. The standard InChI is InChI=1S/C6H5BClFO2/c8-11-7(10)5-2-1-3-6(9)4-5/h1-4,10H. The number of hydrogen-bond acceptors (Lipinski definition) is 2. The van der Waals surface area contributed by atoms with E-state index in [1.165, 1.54) is 18.2 Å². The Labute approximate surface area is 68.9 Å². The van der Waals surface area contributed by atoms with Gasteiger partial charge in [-0.2, -0.15) is 0 Å². The van der Waals surface area contributed by atoms with Gasteiger partial charge in [-0.05, 0) is 17.6 Å². The summed E-state index contributed by atoms with van der Waals surface area (Å²) in [6.45, 7) is 0. The minimum atomic E-state index is -1.27. The molecule has 0 unspecified atom stereocenters. The van der Waals surface area contributed by atoms with Crippen LogP contribution in [0.2, 0.25) is 0 Å². The molecular formula is C6H5BClFO2. The summed E-state index contributed by atoms with van der Waals surface area (Å²) in [5.74, 6) is -0.435. The highest BCUT2D eigenvalue weighted by atomic mass is 35.5. The fraction of sp³-hybridized carbons (Fsp3) is 0. The third-order valence-corrected chi connectivity index (χ3v) is 1.39. The average Bonchev–Trinajstić information content (AvgIpc) is 2.03. The highest BCUT2D eigenvalue weighted by Crippen LogP contribution is 1.95. The fourth-order valence-corrected chi connectivity index (χ4v) is 0.815. The zero-order chi connectivity index (χ0) is 8.27. The van der Waals surface area contributed by atoms with E-state index in [4.69, 9.17) is 16.9 Å². The molecule has 0 aliphatic heterocycles. The molecule has 0 radical (unpaired) electrons. The molecule has 5 heteroatoms. The van der Waals surface area contributed by atoms with E-state index in [0.29, 0.717) is 5.46 Å². The number of halogens is 2. The van der Waals surface area contributed by atoms with Crippen molar-refractivity contribution in [2.45, 2.75) is 0 Å². The summed E-state index contributed by atoms with van der Waals surface area (Å²) in [6, 6.07) is 5.39. The van der Waals surface area contributed by atoms with Crippen molar-refractivity contribution in [3.8, 4) is 0 Å². The first-order valence-electron chi connectivity index (χ1n) is 2.95. The van der Waals surface area contributed by atoms with Gasteiger partial charge in [0, 0.05) is 11.9 Å². The average molecular weight is 174 g/mol. The molecule has 1 N–H and O–H groups in total. The van der Waals surface area contributed by atoms with Crippen molar-refractivity contribution in [2.24, 2.45) is 0 Å². The Morgan fingerprint density at radius 3 is 2.82 bits per heavy atom. The molecule has 0 saturated heterocycles. The van der Waals surface area contributed by atoms with E-state index in [1.807, 2.05) is 0 Å². The molecular weight excluding hydrogens is 169 g/mol. The lowest BCUT2D eigenvalue weighted by molar-refractivity contribution is 0.456. The minimum absolute atomic E-state index is 0.292. The molecule has 1 aromatic rings. The first kappa shape index (κ1) is 8.52. The maximum absolute atomic E-state index is 12.5. The van der Waals surface area contributed by atoms with Crippen LogP contribution in [0.3, 0.4) is 0 Å². The lowest BCUT2D eigenvalue weighted by Crippen LogP contribution is -2.30. The van der Waals surface area contributed by atoms with Crippen LogP contribution in [0.1, 0.15) is 0 Å². The molecule has 11 heavy (non-hydrogen) atoms. The number of benzene rings is 1. The molecule has 0 aliphatic rings. The Bertz CT molecular complexity index is 246. The van der Waals surface area contributed by atoms with E-state index < -0.39 is 12.9 Å². The summed E-state index contributed by atoms with van der Waals surface area (Å²) in [5, 5.41) is 8.93. The van der Waals surface area contributed by atoms with Crippen molar-refractivity contribution in [3.63, 3.8) is 0 Å². The molecule has 0 heterocycles. The second kappa shape index (κ2) is 3.71. The van der Waals surface area contributed by atoms with E-state index in [-0.39, 0.29) is 0 Å². The molecule has 2 nitrogen and oxygen atoms in total. The Balaban J connectivity index is 2.86. The highest BCUT2D eigenvalue weighted by Gasteiger charge is 2.15. The lowest BCUT2D eigenvalue weighted by atomic mass is 9.80. The summed E-state index contributed by atoms with van der Waals surface area (Å²) in [7, 11) is -1.27. The van der Waals surface area contributed by atoms with Crippen LogP contribution in [0.15, 0.2) is 24.3 Å². The summed E-state index contributed by atoms with van der Waals surface area (Å²) >= 11 is 4.87. The molecule has 58 valence electrons. The van der Waals surface area contributed by atoms with Crippen LogP contribution in [0.25, 0.3) is 0 Å². The van der Waals surface area contributed by atoms with Gasteiger partial charge in [0.05, 0.1) is 0 Å². The predicted molar refractivity (Wildman–Crippen MR) is 40.9 cm³/mol. The SMILES string of the molecule is OB(OCl)c1cccc(F)c1. The Kier molecular flexibility index (Phi) is 2.88. The van der Waals surface area contributed by atoms with Gasteiger partial charge in [-0.25, -0.2) is 4.39 Å². The van der Waals surface area contributed by atoms with E-state index in [0.717, 1.165) is 6.07 Å². The monoisotopic (exact) mass is 174 g/mol. The van der Waals surface area contributed by atoms with Gasteiger partial charge in [0.2, 0.25) is 0 Å². The fourth-order valence-electron chi connectivity index (χ4n) is 0.712. The molecule has 0 saturated carbocycles. The van der Waals surface area contributed by atoms with E-state index in [1.54, 1.807) is 0 Å². The van der Waals surface area contributed by atoms with Crippen molar-refractivity contribution in [1.82, 2.24) is 0 Å². The van der Waals surface area contributed by atoms with Gasteiger partial charge in [-0.3, -0.25) is 0 Å². The van der Waals surface area contributed by atoms with Gasteiger partial charge < -0.3 is 9.23 Å². The molecule has 1 rings (SSSR count). The van der Waals surface area contributed by atoms with Gasteiger partial charge in [0.15, 0.2) is 0 Å². The first-order chi connectivity index (χ1) is 5.24. The van der Waals surface area contributed by atoms with Crippen LogP contribution < -0.4 is 5.46 Å². The van der Waals surface area contributed by atoms with Gasteiger partial charge in [-0.1, -0.05) is 12.1 Å². The summed E-state index contributed by atoms with van der Waals surface area (Å²) < 4.78 is 16.5. The maximum Gasteiger partial charge on any atom is 0.508 e. The zero-order valence-electron chi connectivity index (χ0n) is 5.50. The van der Waals surface area contributed by atoms with E-state index in [2.05, 4.69) is 4.21 Å². The summed E-state index contributed by atoms with van der Waals surface area (Å²) in [5.41, 5.74) is 0.292. The van der Waals surface area contributed by atoms with Crippen molar-refractivity contribution in [1.29, 1.82) is 0 Å². The summed E-state index contributed by atoms with van der Waals surface area (Å²) in [6.07, 6.45) is 0. The third kappa shape index (κ3) is 2.18. The Hall–Kier alpha value is -0.575. The normalized spacial score (nSPS) is 9.73. The number of rotatable bonds is 2. The summed E-state index contributed by atoms with van der Waals surface area (Å²) in [4.78, 5) is 0. The van der Waals surface area contributed by atoms with Crippen LogP contribution in [0.4, 0.5) is 4.39 Å². The lowest BCUT2D eigenvalue weighted by Gasteiger charge is -1.99. The van der Waals surface area contributed by atoms with Gasteiger partial charge in [0.1, 0.15) is 5.82 Å².